The molecule has 0 fully saturated rings. The van der Waals surface area contributed by atoms with Crippen molar-refractivity contribution in [3.63, 3.8) is 0 Å². The number of hydrogen-bond donors (Lipinski definition) is 0. The Kier molecular flexibility index (Phi) is 3.35. The van der Waals surface area contributed by atoms with Crippen LogP contribution in [0.4, 0.5) is 0 Å². The minimum absolute atomic E-state index is 0.356. The zero-order valence-electron chi connectivity index (χ0n) is 10.7. The largest absolute Gasteiger partial charge is 0.244 e. The molecule has 3 aromatic heterocycles. The molecule has 0 amide bonds. The van der Waals surface area contributed by atoms with E-state index in [1.54, 1.807) is 12.1 Å². The molecule has 0 atom stereocenters. The van der Waals surface area contributed by atoms with Gasteiger partial charge >= 0.3 is 0 Å². The second-order valence-corrected chi connectivity index (χ2v) is 4.60. The molecule has 0 saturated carbocycles. The van der Waals surface area contributed by atoms with Gasteiger partial charge in [-0.3, -0.25) is 0 Å². The molecule has 20 heavy (non-hydrogen) atoms. The molecule has 0 aliphatic rings. The third kappa shape index (κ3) is 2.62. The average molecular weight is 284 g/mol. The minimum Gasteiger partial charge on any atom is -0.244 e. The van der Waals surface area contributed by atoms with E-state index in [2.05, 4.69) is 25.4 Å². The van der Waals surface area contributed by atoms with Gasteiger partial charge in [0.1, 0.15) is 11.4 Å². The number of aromatic nitrogens is 5. The summed E-state index contributed by atoms with van der Waals surface area (Å²) in [6, 6.07) is 12.9. The summed E-state index contributed by atoms with van der Waals surface area (Å²) in [6.07, 6.45) is 0. The summed E-state index contributed by atoms with van der Waals surface area (Å²) in [7, 11) is 0. The lowest BCUT2D eigenvalue weighted by Crippen LogP contribution is -1.95. The van der Waals surface area contributed by atoms with Gasteiger partial charge in [-0.25, -0.2) is 4.98 Å². The SMILES string of the molecule is Cc1ccc(-c2cccc(-c3ccc(Cl)nn3)n2)nn1. The fourth-order valence-corrected chi connectivity index (χ4v) is 1.81. The first kappa shape index (κ1) is 12.6. The summed E-state index contributed by atoms with van der Waals surface area (Å²) in [5, 5.41) is 16.4. The third-order valence-corrected chi connectivity index (χ3v) is 2.91. The highest BCUT2D eigenvalue weighted by molar-refractivity contribution is 6.29. The van der Waals surface area contributed by atoms with Crippen LogP contribution in [-0.2, 0) is 0 Å². The van der Waals surface area contributed by atoms with Crippen molar-refractivity contribution in [1.82, 2.24) is 25.4 Å². The van der Waals surface area contributed by atoms with E-state index in [1.807, 2.05) is 37.3 Å². The number of hydrogen-bond acceptors (Lipinski definition) is 5. The fraction of sp³-hybridized carbons (Fsp3) is 0.0714. The number of pyridine rings is 1. The van der Waals surface area contributed by atoms with E-state index in [1.165, 1.54) is 0 Å². The summed E-state index contributed by atoms with van der Waals surface area (Å²) in [4.78, 5) is 4.52. The van der Waals surface area contributed by atoms with Crippen molar-refractivity contribution in [3.8, 4) is 22.8 Å². The van der Waals surface area contributed by atoms with Gasteiger partial charge in [-0.2, -0.15) is 5.10 Å². The van der Waals surface area contributed by atoms with E-state index in [4.69, 9.17) is 11.6 Å². The second kappa shape index (κ2) is 5.30. The molecule has 0 N–H and O–H groups in total. The fourth-order valence-electron chi connectivity index (χ4n) is 1.71. The Morgan fingerprint density at radius 3 is 1.90 bits per heavy atom. The molecule has 0 saturated heterocycles. The van der Waals surface area contributed by atoms with E-state index in [0.29, 0.717) is 16.5 Å². The zero-order chi connectivity index (χ0) is 13.9. The topological polar surface area (TPSA) is 64.5 Å². The summed E-state index contributed by atoms with van der Waals surface area (Å²) >= 11 is 5.73. The molecule has 0 spiro atoms. The summed E-state index contributed by atoms with van der Waals surface area (Å²) < 4.78 is 0. The summed E-state index contributed by atoms with van der Waals surface area (Å²) in [5.41, 5.74) is 3.71. The molecule has 3 heterocycles. The number of nitrogens with zero attached hydrogens (tertiary/aromatic N) is 5. The molecule has 3 aromatic rings. The Balaban J connectivity index is 2.01. The average Bonchev–Trinajstić information content (AvgIpc) is 2.49. The van der Waals surface area contributed by atoms with Crippen molar-refractivity contribution in [2.75, 3.05) is 0 Å². The maximum absolute atomic E-state index is 5.73. The van der Waals surface area contributed by atoms with E-state index < -0.39 is 0 Å². The van der Waals surface area contributed by atoms with Crippen LogP contribution < -0.4 is 0 Å². The van der Waals surface area contributed by atoms with Crippen molar-refractivity contribution < 1.29 is 0 Å². The van der Waals surface area contributed by atoms with E-state index in [-0.39, 0.29) is 0 Å². The number of halogens is 1. The van der Waals surface area contributed by atoms with Gasteiger partial charge in [-0.05, 0) is 43.3 Å². The van der Waals surface area contributed by atoms with Gasteiger partial charge in [0.15, 0.2) is 5.15 Å². The van der Waals surface area contributed by atoms with Crippen molar-refractivity contribution >= 4 is 11.6 Å². The molecule has 0 unspecified atom stereocenters. The Morgan fingerprint density at radius 2 is 1.35 bits per heavy atom. The van der Waals surface area contributed by atoms with Crippen LogP contribution in [-0.4, -0.2) is 25.4 Å². The number of rotatable bonds is 2. The Morgan fingerprint density at radius 1 is 0.700 bits per heavy atom. The molecular weight excluding hydrogens is 274 g/mol. The summed E-state index contributed by atoms with van der Waals surface area (Å²) in [6.45, 7) is 1.89. The Labute approximate surface area is 120 Å². The van der Waals surface area contributed by atoms with E-state index >= 15 is 0 Å². The van der Waals surface area contributed by atoms with Crippen LogP contribution in [0.1, 0.15) is 5.69 Å². The van der Waals surface area contributed by atoms with Gasteiger partial charge in [0.25, 0.3) is 0 Å². The molecule has 0 aromatic carbocycles. The molecule has 0 radical (unpaired) electrons. The lowest BCUT2D eigenvalue weighted by atomic mass is 10.2. The minimum atomic E-state index is 0.356. The highest BCUT2D eigenvalue weighted by Gasteiger charge is 2.06. The smallest absolute Gasteiger partial charge is 0.151 e. The molecule has 0 bridgehead atoms. The summed E-state index contributed by atoms with van der Waals surface area (Å²) in [5.74, 6) is 0. The van der Waals surface area contributed by atoms with Crippen LogP contribution in [0, 0.1) is 6.92 Å². The zero-order valence-corrected chi connectivity index (χ0v) is 11.4. The van der Waals surface area contributed by atoms with E-state index in [0.717, 1.165) is 17.1 Å². The van der Waals surface area contributed by atoms with Gasteiger partial charge in [-0.15, -0.1) is 15.3 Å². The molecule has 5 nitrogen and oxygen atoms in total. The monoisotopic (exact) mass is 283 g/mol. The first-order valence-electron chi connectivity index (χ1n) is 6.00. The maximum atomic E-state index is 5.73. The molecule has 0 aliphatic carbocycles. The number of aryl methyl sites for hydroxylation is 1. The molecule has 0 aliphatic heterocycles. The molecule has 6 heteroatoms. The lowest BCUT2D eigenvalue weighted by Gasteiger charge is -2.03. The highest BCUT2D eigenvalue weighted by Crippen LogP contribution is 2.19. The Bertz CT molecular complexity index is 665. The predicted molar refractivity (Wildman–Crippen MR) is 76.0 cm³/mol. The molecular formula is C14H10ClN5. The van der Waals surface area contributed by atoms with Crippen molar-refractivity contribution in [3.05, 3.63) is 53.3 Å². The first-order chi connectivity index (χ1) is 9.72. The standard InChI is InChI=1S/C14H10ClN5/c1-9-5-6-12(18-17-9)10-3-2-4-11(16-10)13-7-8-14(15)20-19-13/h2-8H,1H3. The van der Waals surface area contributed by atoms with Crippen molar-refractivity contribution in [1.29, 1.82) is 0 Å². The quantitative estimate of drug-likeness (QED) is 0.723. The molecule has 3 rings (SSSR count). The predicted octanol–water partition coefficient (Wildman–Crippen LogP) is 2.96. The second-order valence-electron chi connectivity index (χ2n) is 4.21. The van der Waals surface area contributed by atoms with Crippen molar-refractivity contribution in [2.24, 2.45) is 0 Å². The van der Waals surface area contributed by atoms with Gasteiger partial charge in [-0.1, -0.05) is 17.7 Å². The van der Waals surface area contributed by atoms with Crippen LogP contribution in [0.25, 0.3) is 22.8 Å². The van der Waals surface area contributed by atoms with Gasteiger partial charge < -0.3 is 0 Å². The first-order valence-corrected chi connectivity index (χ1v) is 6.37. The maximum Gasteiger partial charge on any atom is 0.151 e. The lowest BCUT2D eigenvalue weighted by molar-refractivity contribution is 0.979. The van der Waals surface area contributed by atoms with Crippen LogP contribution in [0.5, 0.6) is 0 Å². The van der Waals surface area contributed by atoms with Crippen LogP contribution in [0.15, 0.2) is 42.5 Å². The van der Waals surface area contributed by atoms with Gasteiger partial charge in [0.05, 0.1) is 17.1 Å². The van der Waals surface area contributed by atoms with Crippen LogP contribution in [0.2, 0.25) is 5.15 Å². The third-order valence-electron chi connectivity index (χ3n) is 2.70. The Hall–Kier alpha value is -2.40. The normalized spacial score (nSPS) is 10.5. The van der Waals surface area contributed by atoms with Gasteiger partial charge in [0.2, 0.25) is 0 Å². The van der Waals surface area contributed by atoms with Crippen molar-refractivity contribution in [2.45, 2.75) is 6.92 Å². The van der Waals surface area contributed by atoms with E-state index in [9.17, 15) is 0 Å². The van der Waals surface area contributed by atoms with Crippen LogP contribution in [0.3, 0.4) is 0 Å². The molecule has 98 valence electrons. The van der Waals surface area contributed by atoms with Crippen LogP contribution >= 0.6 is 11.6 Å². The highest BCUT2D eigenvalue weighted by atomic mass is 35.5. The van der Waals surface area contributed by atoms with Gasteiger partial charge in [0, 0.05) is 0 Å².